The van der Waals surface area contributed by atoms with Crippen LogP contribution in [0.25, 0.3) is 0 Å². The van der Waals surface area contributed by atoms with E-state index in [1.54, 1.807) is 0 Å². The highest BCUT2D eigenvalue weighted by Gasteiger charge is 2.23. The van der Waals surface area contributed by atoms with Gasteiger partial charge in [-0.05, 0) is 72.1 Å². The van der Waals surface area contributed by atoms with E-state index in [1.165, 1.54) is 116 Å². The molecule has 0 aliphatic carbocycles. The second-order valence-corrected chi connectivity index (χ2v) is 16.0. The Morgan fingerprint density at radius 2 is 0.725 bits per heavy atom. The first-order valence-electron chi connectivity index (χ1n) is 22.6. The van der Waals surface area contributed by atoms with Crippen molar-refractivity contribution in [2.45, 2.75) is 239 Å². The van der Waals surface area contributed by atoms with Crippen LogP contribution in [0.1, 0.15) is 227 Å². The fourth-order valence-corrected chi connectivity index (χ4v) is 7.07. The third-order valence-electron chi connectivity index (χ3n) is 10.3. The lowest BCUT2D eigenvalue weighted by atomic mass is 10.0. The van der Waals surface area contributed by atoms with Crippen molar-refractivity contribution in [1.29, 1.82) is 0 Å². The van der Waals surface area contributed by atoms with Crippen molar-refractivity contribution >= 4 is 11.9 Å². The summed E-state index contributed by atoms with van der Waals surface area (Å²) in [5.74, 6) is -0.0870. The van der Waals surface area contributed by atoms with Crippen molar-refractivity contribution in [2.75, 3.05) is 40.3 Å². The van der Waals surface area contributed by atoms with Gasteiger partial charge in [0.1, 0.15) is 12.2 Å². The number of ether oxygens (including phenoxy) is 2. The van der Waals surface area contributed by atoms with Crippen molar-refractivity contribution in [3.63, 3.8) is 0 Å². The average Bonchev–Trinajstić information content (AvgIpc) is 3.09. The topological polar surface area (TPSA) is 59.1 Å². The lowest BCUT2D eigenvalue weighted by Gasteiger charge is -2.31. The zero-order chi connectivity index (χ0) is 37.6. The fraction of sp³-hybridized carbons (Fsp3) is 0.956. The van der Waals surface area contributed by atoms with E-state index >= 15 is 0 Å². The maximum atomic E-state index is 13.0. The van der Waals surface area contributed by atoms with Gasteiger partial charge in [-0.1, -0.05) is 169 Å². The lowest BCUT2D eigenvalue weighted by molar-refractivity contribution is -0.152. The first-order valence-corrected chi connectivity index (χ1v) is 22.6. The summed E-state index contributed by atoms with van der Waals surface area (Å²) in [6.45, 7) is 12.3. The van der Waals surface area contributed by atoms with Gasteiger partial charge in [-0.15, -0.1) is 0 Å². The average molecular weight is 723 g/mol. The molecule has 0 heterocycles. The molecular weight excluding hydrogens is 633 g/mol. The van der Waals surface area contributed by atoms with Crippen molar-refractivity contribution in [3.05, 3.63) is 0 Å². The molecule has 0 saturated carbocycles. The number of carbonyl (C=O) groups is 2. The van der Waals surface area contributed by atoms with Crippen molar-refractivity contribution in [2.24, 2.45) is 0 Å². The van der Waals surface area contributed by atoms with Gasteiger partial charge < -0.3 is 14.4 Å². The number of hydrogen-bond donors (Lipinski definition) is 0. The first-order chi connectivity index (χ1) is 24.9. The Bertz CT molecular complexity index is 692. The van der Waals surface area contributed by atoms with Gasteiger partial charge >= 0.3 is 11.9 Å². The van der Waals surface area contributed by atoms with Crippen LogP contribution in [-0.4, -0.2) is 74.2 Å². The molecule has 6 nitrogen and oxygen atoms in total. The molecule has 0 fully saturated rings. The zero-order valence-corrected chi connectivity index (χ0v) is 35.4. The molecule has 304 valence electrons. The fourth-order valence-electron chi connectivity index (χ4n) is 7.07. The van der Waals surface area contributed by atoms with Crippen molar-refractivity contribution in [1.82, 2.24) is 9.80 Å². The molecule has 0 spiro atoms. The Labute approximate surface area is 319 Å². The summed E-state index contributed by atoms with van der Waals surface area (Å²) in [6.07, 6.45) is 35.9. The van der Waals surface area contributed by atoms with Gasteiger partial charge in [0.15, 0.2) is 0 Å². The lowest BCUT2D eigenvalue weighted by Crippen LogP contribution is -2.42. The molecule has 2 atom stereocenters. The smallest absolute Gasteiger partial charge is 0.306 e. The second-order valence-electron chi connectivity index (χ2n) is 16.0. The number of rotatable bonds is 40. The van der Waals surface area contributed by atoms with Gasteiger partial charge in [0.05, 0.1) is 0 Å². The van der Waals surface area contributed by atoms with Gasteiger partial charge in [-0.2, -0.15) is 0 Å². The molecule has 0 amide bonds. The van der Waals surface area contributed by atoms with Crippen LogP contribution in [0.3, 0.4) is 0 Å². The summed E-state index contributed by atoms with van der Waals surface area (Å²) in [6, 6.07) is 0. The quantitative estimate of drug-likeness (QED) is 0.0463. The third-order valence-corrected chi connectivity index (χ3v) is 10.3. The molecule has 6 heteroatoms. The summed E-state index contributed by atoms with van der Waals surface area (Å²) in [7, 11) is 4.26. The Kier molecular flexibility index (Phi) is 37.7. The summed E-state index contributed by atoms with van der Waals surface area (Å²) in [5.41, 5.74) is 0. The largest absolute Gasteiger partial charge is 0.461 e. The third kappa shape index (κ3) is 35.6. The van der Waals surface area contributed by atoms with E-state index in [9.17, 15) is 9.59 Å². The van der Waals surface area contributed by atoms with Gasteiger partial charge in [-0.25, -0.2) is 0 Å². The minimum atomic E-state index is -0.106. The van der Waals surface area contributed by atoms with Crippen LogP contribution in [0.4, 0.5) is 0 Å². The zero-order valence-electron chi connectivity index (χ0n) is 35.4. The highest BCUT2D eigenvalue weighted by Crippen LogP contribution is 2.18. The summed E-state index contributed by atoms with van der Waals surface area (Å²) in [5, 5.41) is 0. The van der Waals surface area contributed by atoms with E-state index in [0.717, 1.165) is 96.8 Å². The van der Waals surface area contributed by atoms with Crippen LogP contribution in [-0.2, 0) is 19.1 Å². The van der Waals surface area contributed by atoms with Gasteiger partial charge in [-0.3, -0.25) is 14.5 Å². The van der Waals surface area contributed by atoms with Crippen LogP contribution in [0.5, 0.6) is 0 Å². The number of carbonyl (C=O) groups excluding carboxylic acids is 2. The van der Waals surface area contributed by atoms with Crippen LogP contribution >= 0.6 is 0 Å². The van der Waals surface area contributed by atoms with E-state index in [1.807, 2.05) is 0 Å². The summed E-state index contributed by atoms with van der Waals surface area (Å²) >= 11 is 0. The van der Waals surface area contributed by atoms with Crippen LogP contribution < -0.4 is 0 Å². The van der Waals surface area contributed by atoms with E-state index in [-0.39, 0.29) is 24.1 Å². The van der Waals surface area contributed by atoms with E-state index in [2.05, 4.69) is 51.6 Å². The minimum absolute atomic E-state index is 0.0435. The Hall–Kier alpha value is -1.14. The van der Waals surface area contributed by atoms with Crippen LogP contribution in [0.15, 0.2) is 0 Å². The number of hydrogen-bond acceptors (Lipinski definition) is 6. The Morgan fingerprint density at radius 3 is 1.06 bits per heavy atom. The van der Waals surface area contributed by atoms with Crippen LogP contribution in [0, 0.1) is 0 Å². The molecule has 0 aromatic heterocycles. The van der Waals surface area contributed by atoms with Gasteiger partial charge in [0, 0.05) is 25.9 Å². The van der Waals surface area contributed by atoms with E-state index in [0.29, 0.717) is 12.8 Å². The Balaban J connectivity index is 5.40. The number of esters is 2. The molecular formula is C45H90N2O4. The van der Waals surface area contributed by atoms with Gasteiger partial charge in [0.25, 0.3) is 0 Å². The molecule has 0 aromatic carbocycles. The molecule has 0 aliphatic heterocycles. The minimum Gasteiger partial charge on any atom is -0.461 e. The van der Waals surface area contributed by atoms with Gasteiger partial charge in [0.2, 0.25) is 0 Å². The SMILES string of the molecule is CCCCCCCCCCCCC(CN(CCCN(C)C)CC(CCCCCCCCCCCC)OC(=O)CCCCC)OC(=O)CCCCC. The molecule has 0 aromatic rings. The highest BCUT2D eigenvalue weighted by molar-refractivity contribution is 5.69. The molecule has 0 radical (unpaired) electrons. The Morgan fingerprint density at radius 1 is 0.412 bits per heavy atom. The van der Waals surface area contributed by atoms with E-state index in [4.69, 9.17) is 9.47 Å². The molecule has 0 saturated heterocycles. The standard InChI is InChI=1S/C45H90N2O4/c1-7-11-15-17-19-21-23-25-27-31-34-42(50-44(48)36-29-13-9-3)40-47(39-33-38-46(5)6)41-43(51-45(49)37-30-14-10-4)35-32-28-26-24-22-20-18-16-12-8-2/h42-43H,7-41H2,1-6H3. The normalized spacial score (nSPS) is 12.9. The van der Waals surface area contributed by atoms with Crippen LogP contribution in [0.2, 0.25) is 0 Å². The molecule has 0 bridgehead atoms. The molecule has 0 N–H and O–H groups in total. The van der Waals surface area contributed by atoms with Crippen molar-refractivity contribution in [3.8, 4) is 0 Å². The second kappa shape index (κ2) is 38.6. The highest BCUT2D eigenvalue weighted by atomic mass is 16.5. The predicted molar refractivity (Wildman–Crippen MR) is 221 cm³/mol. The first kappa shape index (κ1) is 49.9. The van der Waals surface area contributed by atoms with E-state index < -0.39 is 0 Å². The summed E-state index contributed by atoms with van der Waals surface area (Å²) in [4.78, 5) is 30.7. The molecule has 51 heavy (non-hydrogen) atoms. The monoisotopic (exact) mass is 723 g/mol. The number of unbranched alkanes of at least 4 members (excludes halogenated alkanes) is 22. The van der Waals surface area contributed by atoms with Crippen molar-refractivity contribution < 1.29 is 19.1 Å². The molecule has 0 rings (SSSR count). The molecule has 0 aliphatic rings. The molecule has 2 unspecified atom stereocenters. The predicted octanol–water partition coefficient (Wildman–Crippen LogP) is 12.8. The number of nitrogens with zero attached hydrogens (tertiary/aromatic N) is 2. The summed E-state index contributed by atoms with van der Waals surface area (Å²) < 4.78 is 12.5. The maximum absolute atomic E-state index is 13.0. The maximum Gasteiger partial charge on any atom is 0.306 e.